The molecule has 1 amide bonds. The first-order chi connectivity index (χ1) is 14.5. The van der Waals surface area contributed by atoms with Gasteiger partial charge in [-0.3, -0.25) is 9.69 Å². The van der Waals surface area contributed by atoms with Gasteiger partial charge in [0.05, 0.1) is 30.3 Å². The molecular weight excluding hydrogens is 442 g/mol. The van der Waals surface area contributed by atoms with Crippen LogP contribution in [0.1, 0.15) is 18.9 Å². The molecule has 30 heavy (non-hydrogen) atoms. The Balaban J connectivity index is 1.57. The average molecular weight is 464 g/mol. The number of benzene rings is 2. The Labute approximate surface area is 190 Å². The molecule has 8 heteroatoms. The number of ether oxygens (including phenoxy) is 3. The summed E-state index contributed by atoms with van der Waals surface area (Å²) in [6.07, 6.45) is 2.51. The maximum atomic E-state index is 12.4. The third-order valence-electron chi connectivity index (χ3n) is 4.32. The summed E-state index contributed by atoms with van der Waals surface area (Å²) in [4.78, 5) is 14.6. The van der Waals surface area contributed by atoms with Crippen LogP contribution in [-0.4, -0.2) is 42.0 Å². The zero-order chi connectivity index (χ0) is 21.5. The Morgan fingerprint density at radius 1 is 1.10 bits per heavy atom. The number of thiocarbonyl (C=S) groups is 1. The van der Waals surface area contributed by atoms with Gasteiger partial charge in [0.25, 0.3) is 5.91 Å². The summed E-state index contributed by atoms with van der Waals surface area (Å²) in [6.45, 7) is 3.43. The lowest BCUT2D eigenvalue weighted by Crippen LogP contribution is -2.27. The molecule has 2 aromatic rings. The predicted molar refractivity (Wildman–Crippen MR) is 126 cm³/mol. The summed E-state index contributed by atoms with van der Waals surface area (Å²) in [6, 6.07) is 12.9. The fourth-order valence-corrected chi connectivity index (χ4v) is 4.38. The normalized spacial score (nSPS) is 15.0. The van der Waals surface area contributed by atoms with E-state index in [-0.39, 0.29) is 5.91 Å². The number of para-hydroxylation sites is 1. The number of likely N-dealkylation sites (N-methyl/N-ethyl adjacent to an activating group) is 1. The van der Waals surface area contributed by atoms with Crippen LogP contribution in [0.25, 0.3) is 6.08 Å². The van der Waals surface area contributed by atoms with Gasteiger partial charge in [-0.15, -0.1) is 0 Å². The van der Waals surface area contributed by atoms with Crippen molar-refractivity contribution in [2.24, 2.45) is 0 Å². The Morgan fingerprint density at radius 3 is 2.50 bits per heavy atom. The molecule has 3 rings (SSSR count). The highest BCUT2D eigenvalue weighted by molar-refractivity contribution is 8.26. The van der Waals surface area contributed by atoms with E-state index >= 15 is 0 Å². The number of halogens is 1. The van der Waals surface area contributed by atoms with E-state index in [1.54, 1.807) is 18.1 Å². The van der Waals surface area contributed by atoms with E-state index in [0.717, 1.165) is 5.56 Å². The first kappa shape index (κ1) is 22.5. The van der Waals surface area contributed by atoms with Crippen molar-refractivity contribution in [1.82, 2.24) is 4.90 Å². The lowest BCUT2D eigenvalue weighted by molar-refractivity contribution is -0.121. The molecule has 0 N–H and O–H groups in total. The predicted octanol–water partition coefficient (Wildman–Crippen LogP) is 5.42. The molecule has 0 radical (unpaired) electrons. The summed E-state index contributed by atoms with van der Waals surface area (Å²) in [7, 11) is 1.59. The molecule has 1 heterocycles. The minimum absolute atomic E-state index is 0.0645. The van der Waals surface area contributed by atoms with E-state index in [2.05, 4.69) is 0 Å². The topological polar surface area (TPSA) is 48.0 Å². The molecule has 2 aromatic carbocycles. The van der Waals surface area contributed by atoms with Crippen LogP contribution in [0.4, 0.5) is 0 Å². The molecule has 0 aliphatic carbocycles. The maximum Gasteiger partial charge on any atom is 0.266 e. The van der Waals surface area contributed by atoms with Crippen molar-refractivity contribution in [3.8, 4) is 17.2 Å². The maximum absolute atomic E-state index is 12.4. The molecule has 0 aromatic heterocycles. The van der Waals surface area contributed by atoms with Crippen molar-refractivity contribution in [2.45, 2.75) is 13.3 Å². The fraction of sp³-hybridized carbons (Fsp3) is 0.273. The number of rotatable bonds is 9. The molecule has 1 aliphatic heterocycles. The molecule has 0 unspecified atom stereocenters. The molecular formula is C22H22ClNO4S2. The quantitative estimate of drug-likeness (QED) is 0.281. The average Bonchev–Trinajstić information content (AvgIpc) is 3.01. The molecule has 0 saturated carbocycles. The van der Waals surface area contributed by atoms with Crippen LogP contribution in [0.2, 0.25) is 5.02 Å². The van der Waals surface area contributed by atoms with E-state index in [4.69, 9.17) is 38.0 Å². The minimum Gasteiger partial charge on any atom is -0.493 e. The van der Waals surface area contributed by atoms with Crippen molar-refractivity contribution in [2.75, 3.05) is 26.9 Å². The van der Waals surface area contributed by atoms with Crippen molar-refractivity contribution < 1.29 is 19.0 Å². The molecule has 1 fully saturated rings. The lowest BCUT2D eigenvalue weighted by Gasteiger charge is -2.12. The molecule has 0 bridgehead atoms. The minimum atomic E-state index is -0.0645. The molecule has 158 valence electrons. The smallest absolute Gasteiger partial charge is 0.266 e. The second-order valence-electron chi connectivity index (χ2n) is 6.32. The van der Waals surface area contributed by atoms with Crippen LogP contribution in [0, 0.1) is 0 Å². The Bertz CT molecular complexity index is 964. The summed E-state index contributed by atoms with van der Waals surface area (Å²) in [5.74, 6) is 1.83. The highest BCUT2D eigenvalue weighted by atomic mass is 35.5. The third kappa shape index (κ3) is 5.47. The van der Waals surface area contributed by atoms with Gasteiger partial charge in [0.1, 0.15) is 10.1 Å². The van der Waals surface area contributed by atoms with E-state index in [1.807, 2.05) is 49.4 Å². The van der Waals surface area contributed by atoms with Crippen molar-refractivity contribution in [3.05, 3.63) is 58.0 Å². The number of hydrogen-bond donors (Lipinski definition) is 0. The van der Waals surface area contributed by atoms with Gasteiger partial charge >= 0.3 is 0 Å². The molecule has 0 spiro atoms. The van der Waals surface area contributed by atoms with Crippen molar-refractivity contribution in [1.29, 1.82) is 0 Å². The second-order valence-corrected chi connectivity index (χ2v) is 8.40. The number of carbonyl (C=O) groups excluding carboxylic acids is 1. The zero-order valence-electron chi connectivity index (χ0n) is 16.7. The van der Waals surface area contributed by atoms with E-state index in [0.29, 0.717) is 57.7 Å². The van der Waals surface area contributed by atoms with Crippen molar-refractivity contribution >= 4 is 51.9 Å². The number of nitrogens with zero attached hydrogens (tertiary/aromatic N) is 1. The number of carbonyl (C=O) groups is 1. The Morgan fingerprint density at radius 2 is 1.83 bits per heavy atom. The van der Waals surface area contributed by atoms with Crippen LogP contribution in [0.15, 0.2) is 47.4 Å². The lowest BCUT2D eigenvalue weighted by atomic mass is 10.2. The summed E-state index contributed by atoms with van der Waals surface area (Å²) in [5.41, 5.74) is 0.845. The van der Waals surface area contributed by atoms with Gasteiger partial charge in [0.2, 0.25) is 0 Å². The molecule has 1 saturated heterocycles. The fourth-order valence-electron chi connectivity index (χ4n) is 2.80. The summed E-state index contributed by atoms with van der Waals surface area (Å²) < 4.78 is 17.5. The number of thioether (sulfide) groups is 1. The summed E-state index contributed by atoms with van der Waals surface area (Å²) >= 11 is 12.6. The second kappa shape index (κ2) is 10.7. The van der Waals surface area contributed by atoms with Crippen LogP contribution in [-0.2, 0) is 4.79 Å². The standard InChI is InChI=1S/C22H22ClNO4S2/c1-3-24-21(25)20(30-22(24)29)14-15-9-10-18(19(13-15)26-2)28-12-6-11-27-17-8-5-4-7-16(17)23/h4-5,7-10,13-14H,3,6,11-12H2,1-2H3/b20-14+. The first-order valence-corrected chi connectivity index (χ1v) is 11.1. The van der Waals surface area contributed by atoms with Gasteiger partial charge < -0.3 is 14.2 Å². The number of hydrogen-bond acceptors (Lipinski definition) is 6. The number of amides is 1. The van der Waals surface area contributed by atoms with Gasteiger partial charge in [0.15, 0.2) is 11.5 Å². The van der Waals surface area contributed by atoms with Gasteiger partial charge in [0, 0.05) is 13.0 Å². The highest BCUT2D eigenvalue weighted by Gasteiger charge is 2.30. The van der Waals surface area contributed by atoms with Crippen LogP contribution >= 0.6 is 35.6 Å². The first-order valence-electron chi connectivity index (χ1n) is 9.47. The Hall–Kier alpha value is -2.22. The largest absolute Gasteiger partial charge is 0.493 e. The third-order valence-corrected chi connectivity index (χ3v) is 6.01. The molecule has 1 aliphatic rings. The van der Waals surface area contributed by atoms with E-state index in [1.165, 1.54) is 11.8 Å². The van der Waals surface area contributed by atoms with Crippen LogP contribution in [0.3, 0.4) is 0 Å². The van der Waals surface area contributed by atoms with Crippen molar-refractivity contribution in [3.63, 3.8) is 0 Å². The van der Waals surface area contributed by atoms with Crippen LogP contribution < -0.4 is 14.2 Å². The summed E-state index contributed by atoms with van der Waals surface area (Å²) in [5, 5.41) is 0.589. The monoisotopic (exact) mass is 463 g/mol. The Kier molecular flexibility index (Phi) is 8.01. The number of methoxy groups -OCH3 is 1. The molecule has 5 nitrogen and oxygen atoms in total. The molecule has 0 atom stereocenters. The van der Waals surface area contributed by atoms with Gasteiger partial charge in [-0.1, -0.05) is 53.8 Å². The van der Waals surface area contributed by atoms with E-state index in [9.17, 15) is 4.79 Å². The van der Waals surface area contributed by atoms with Gasteiger partial charge in [-0.05, 0) is 42.8 Å². The van der Waals surface area contributed by atoms with Gasteiger partial charge in [-0.2, -0.15) is 0 Å². The van der Waals surface area contributed by atoms with Crippen LogP contribution in [0.5, 0.6) is 17.2 Å². The van der Waals surface area contributed by atoms with E-state index < -0.39 is 0 Å². The zero-order valence-corrected chi connectivity index (χ0v) is 19.1. The van der Waals surface area contributed by atoms with Gasteiger partial charge in [-0.25, -0.2) is 0 Å². The highest BCUT2D eigenvalue weighted by Crippen LogP contribution is 2.34. The SMILES string of the molecule is CCN1C(=O)/C(=C\c2ccc(OCCCOc3ccccc3Cl)c(OC)c2)SC1=S.